The van der Waals surface area contributed by atoms with Crippen LogP contribution in [-0.2, 0) is 19.4 Å². The van der Waals surface area contributed by atoms with Gasteiger partial charge in [0.05, 0.1) is 22.4 Å². The molecule has 0 aliphatic carbocycles. The van der Waals surface area contributed by atoms with E-state index in [1.807, 2.05) is 19.1 Å². The number of aryl methyl sites for hydroxylation is 1. The summed E-state index contributed by atoms with van der Waals surface area (Å²) in [6, 6.07) is 9.90. The van der Waals surface area contributed by atoms with Crippen molar-refractivity contribution in [3.8, 4) is 0 Å². The molecule has 0 spiro atoms. The number of hydrogen-bond acceptors (Lipinski definition) is 3. The Hall–Kier alpha value is -1.78. The largest absolute Gasteiger partial charge is 0.374 e. The smallest absolute Gasteiger partial charge is 0.129 e. The third-order valence-electron chi connectivity index (χ3n) is 4.20. The summed E-state index contributed by atoms with van der Waals surface area (Å²) in [4.78, 5) is 9.24. The molecule has 4 nitrogen and oxygen atoms in total. The highest BCUT2D eigenvalue weighted by Gasteiger charge is 2.10. The van der Waals surface area contributed by atoms with E-state index in [0.717, 1.165) is 48.8 Å². The highest BCUT2D eigenvalue weighted by Crippen LogP contribution is 2.23. The normalized spacial score (nSPS) is 14.0. The minimum absolute atomic E-state index is 0.562. The van der Waals surface area contributed by atoms with Crippen LogP contribution in [0.3, 0.4) is 0 Å². The number of aromatic nitrogens is 1. The van der Waals surface area contributed by atoms with Crippen LogP contribution in [0.5, 0.6) is 0 Å². The highest BCUT2D eigenvalue weighted by atomic mass is 35.5. The van der Waals surface area contributed by atoms with E-state index >= 15 is 0 Å². The number of halogens is 2. The number of anilines is 1. The van der Waals surface area contributed by atoms with E-state index in [4.69, 9.17) is 28.2 Å². The predicted molar refractivity (Wildman–Crippen MR) is 106 cm³/mol. The average molecular weight is 377 g/mol. The number of fused-ring (bicyclic) bond motifs is 1. The van der Waals surface area contributed by atoms with E-state index in [-0.39, 0.29) is 0 Å². The highest BCUT2D eigenvalue weighted by molar-refractivity contribution is 6.42. The molecule has 25 heavy (non-hydrogen) atoms. The van der Waals surface area contributed by atoms with Gasteiger partial charge >= 0.3 is 0 Å². The van der Waals surface area contributed by atoms with Crippen molar-refractivity contribution in [3.05, 3.63) is 57.2 Å². The van der Waals surface area contributed by atoms with Gasteiger partial charge in [-0.05, 0) is 49.1 Å². The van der Waals surface area contributed by atoms with Gasteiger partial charge in [0.1, 0.15) is 5.82 Å². The van der Waals surface area contributed by atoms with Crippen molar-refractivity contribution in [2.24, 2.45) is 4.99 Å². The molecule has 132 valence electrons. The summed E-state index contributed by atoms with van der Waals surface area (Å²) in [6.45, 7) is 4.38. The first-order chi connectivity index (χ1) is 12.1. The third-order valence-corrected chi connectivity index (χ3v) is 4.94. The van der Waals surface area contributed by atoms with E-state index in [1.165, 1.54) is 12.0 Å². The first kappa shape index (κ1) is 18.0. The molecule has 1 aliphatic heterocycles. The summed E-state index contributed by atoms with van der Waals surface area (Å²) in [5.74, 6) is 1.95. The summed E-state index contributed by atoms with van der Waals surface area (Å²) in [5.41, 5.74) is 3.46. The number of aliphatic imine (C=N–C) groups is 1. The first-order valence-corrected chi connectivity index (χ1v) is 9.29. The number of nitrogens with zero attached hydrogens (tertiary/aromatic N) is 2. The lowest BCUT2D eigenvalue weighted by atomic mass is 10.1. The number of rotatable bonds is 5. The average Bonchev–Trinajstić information content (AvgIpc) is 2.62. The zero-order valence-electron chi connectivity index (χ0n) is 14.3. The molecule has 0 saturated heterocycles. The number of amidine groups is 1. The minimum Gasteiger partial charge on any atom is -0.374 e. The minimum atomic E-state index is 0.562. The first-order valence-electron chi connectivity index (χ1n) is 8.53. The van der Waals surface area contributed by atoms with Crippen molar-refractivity contribution < 1.29 is 0 Å². The molecule has 0 amide bonds. The molecular formula is C19H22Cl2N4. The fourth-order valence-corrected chi connectivity index (χ4v) is 3.10. The Labute approximate surface area is 158 Å². The molecule has 1 aromatic carbocycles. The summed E-state index contributed by atoms with van der Waals surface area (Å²) < 4.78 is 0. The van der Waals surface area contributed by atoms with Crippen LogP contribution in [0.2, 0.25) is 10.0 Å². The van der Waals surface area contributed by atoms with Gasteiger partial charge in [0.15, 0.2) is 0 Å². The van der Waals surface area contributed by atoms with Crippen LogP contribution in [0.1, 0.15) is 30.2 Å². The van der Waals surface area contributed by atoms with E-state index in [0.29, 0.717) is 16.6 Å². The lowest BCUT2D eigenvalue weighted by Crippen LogP contribution is -2.23. The maximum absolute atomic E-state index is 6.02. The second kappa shape index (κ2) is 8.54. The van der Waals surface area contributed by atoms with Crippen molar-refractivity contribution in [3.63, 3.8) is 0 Å². The van der Waals surface area contributed by atoms with Gasteiger partial charge < -0.3 is 10.6 Å². The lowest BCUT2D eigenvalue weighted by Gasteiger charge is -2.17. The molecular weight excluding hydrogens is 355 g/mol. The molecule has 0 radical (unpaired) electrons. The van der Waals surface area contributed by atoms with Gasteiger partial charge in [0.2, 0.25) is 0 Å². The number of nitrogens with one attached hydrogen (secondary N) is 2. The zero-order valence-corrected chi connectivity index (χ0v) is 15.8. The molecule has 0 atom stereocenters. The van der Waals surface area contributed by atoms with E-state index < -0.39 is 0 Å². The Bertz CT molecular complexity index is 774. The molecule has 0 unspecified atom stereocenters. The van der Waals surface area contributed by atoms with Crippen LogP contribution < -0.4 is 10.6 Å². The molecule has 2 heterocycles. The summed E-state index contributed by atoms with van der Waals surface area (Å²) in [5, 5.41) is 7.84. The molecule has 3 rings (SSSR count). The molecule has 0 bridgehead atoms. The third kappa shape index (κ3) is 5.10. The van der Waals surface area contributed by atoms with Crippen LogP contribution >= 0.6 is 23.2 Å². The topological polar surface area (TPSA) is 49.3 Å². The van der Waals surface area contributed by atoms with Gasteiger partial charge in [0.25, 0.3) is 0 Å². The van der Waals surface area contributed by atoms with Crippen molar-refractivity contribution in [2.75, 3.05) is 18.4 Å². The lowest BCUT2D eigenvalue weighted by molar-refractivity contribution is 0.795. The van der Waals surface area contributed by atoms with Gasteiger partial charge in [-0.15, -0.1) is 0 Å². The maximum atomic E-state index is 6.02. The van der Waals surface area contributed by atoms with E-state index in [1.54, 1.807) is 6.07 Å². The Kier molecular flexibility index (Phi) is 6.16. The van der Waals surface area contributed by atoms with Gasteiger partial charge in [-0.2, -0.15) is 0 Å². The fourth-order valence-electron chi connectivity index (χ4n) is 2.78. The zero-order chi connectivity index (χ0) is 17.6. The maximum Gasteiger partial charge on any atom is 0.129 e. The van der Waals surface area contributed by atoms with Crippen LogP contribution in [0.4, 0.5) is 5.82 Å². The molecule has 0 fully saturated rings. The van der Waals surface area contributed by atoms with Crippen molar-refractivity contribution >= 4 is 34.9 Å². The summed E-state index contributed by atoms with van der Waals surface area (Å²) in [6.07, 6.45) is 3.17. The summed E-state index contributed by atoms with van der Waals surface area (Å²) >= 11 is 11.9. The van der Waals surface area contributed by atoms with E-state index in [9.17, 15) is 0 Å². The predicted octanol–water partition coefficient (Wildman–Crippen LogP) is 4.50. The SMILES string of the molecule is CC(=NCc1ccc(Cl)c(Cl)c1)NCCc1ccc2c(n1)NCCC2. The van der Waals surface area contributed by atoms with Crippen LogP contribution in [0.15, 0.2) is 35.3 Å². The number of pyridine rings is 1. The van der Waals surface area contributed by atoms with Crippen LogP contribution in [0, 0.1) is 0 Å². The monoisotopic (exact) mass is 376 g/mol. The van der Waals surface area contributed by atoms with Crippen molar-refractivity contribution in [1.29, 1.82) is 0 Å². The molecule has 0 saturated carbocycles. The van der Waals surface area contributed by atoms with E-state index in [2.05, 4.69) is 27.8 Å². The van der Waals surface area contributed by atoms with Gasteiger partial charge in [-0.25, -0.2) is 4.98 Å². The van der Waals surface area contributed by atoms with Crippen molar-refractivity contribution in [2.45, 2.75) is 32.7 Å². The quantitative estimate of drug-likeness (QED) is 0.596. The van der Waals surface area contributed by atoms with Gasteiger partial charge in [-0.3, -0.25) is 4.99 Å². The Balaban J connectivity index is 1.48. The molecule has 6 heteroatoms. The Morgan fingerprint density at radius 3 is 2.96 bits per heavy atom. The summed E-state index contributed by atoms with van der Waals surface area (Å²) in [7, 11) is 0. The second-order valence-electron chi connectivity index (χ2n) is 6.17. The molecule has 2 N–H and O–H groups in total. The fraction of sp³-hybridized carbons (Fsp3) is 0.368. The number of hydrogen-bond donors (Lipinski definition) is 2. The Morgan fingerprint density at radius 2 is 2.12 bits per heavy atom. The molecule has 1 aliphatic rings. The Morgan fingerprint density at radius 1 is 1.24 bits per heavy atom. The molecule has 2 aromatic rings. The van der Waals surface area contributed by atoms with Crippen LogP contribution in [-0.4, -0.2) is 23.9 Å². The standard InChI is InChI=1S/C19H22Cl2N4/c1-13(24-12-14-4-7-17(20)18(21)11-14)22-10-8-16-6-5-15-3-2-9-23-19(15)25-16/h4-7,11H,2-3,8-10,12H2,1H3,(H,22,24)(H,23,25). The van der Waals surface area contributed by atoms with Gasteiger partial charge in [-0.1, -0.05) is 35.3 Å². The second-order valence-corrected chi connectivity index (χ2v) is 6.98. The van der Waals surface area contributed by atoms with Crippen LogP contribution in [0.25, 0.3) is 0 Å². The molecule has 1 aromatic heterocycles. The van der Waals surface area contributed by atoms with Gasteiger partial charge in [0, 0.05) is 25.2 Å². The van der Waals surface area contributed by atoms with Crippen molar-refractivity contribution in [1.82, 2.24) is 10.3 Å². The number of benzene rings is 1.